The second-order valence-corrected chi connectivity index (χ2v) is 5.12. The van der Waals surface area contributed by atoms with Crippen LogP contribution in [-0.4, -0.2) is 15.5 Å². The molecule has 0 radical (unpaired) electrons. The first-order valence-corrected chi connectivity index (χ1v) is 7.18. The van der Waals surface area contributed by atoms with Gasteiger partial charge in [0, 0.05) is 36.0 Å². The molecule has 4 heteroatoms. The first kappa shape index (κ1) is 14.1. The van der Waals surface area contributed by atoms with Gasteiger partial charge in [-0.1, -0.05) is 6.07 Å². The third-order valence-electron chi connectivity index (χ3n) is 3.56. The molecule has 2 heterocycles. The highest BCUT2D eigenvalue weighted by molar-refractivity contribution is 5.94. The summed E-state index contributed by atoms with van der Waals surface area (Å²) in [5.74, 6) is -0.0876. The summed E-state index contributed by atoms with van der Waals surface area (Å²) in [6.07, 6.45) is 7.43. The zero-order valence-corrected chi connectivity index (χ0v) is 12.3. The smallest absolute Gasteiger partial charge is 0.251 e. The summed E-state index contributed by atoms with van der Waals surface area (Å²) >= 11 is 0. The average Bonchev–Trinajstić information content (AvgIpc) is 3.10. The van der Waals surface area contributed by atoms with Crippen molar-refractivity contribution in [2.45, 2.75) is 13.0 Å². The van der Waals surface area contributed by atoms with Gasteiger partial charge in [0.15, 0.2) is 0 Å². The van der Waals surface area contributed by atoms with Gasteiger partial charge in [0.1, 0.15) is 0 Å². The van der Waals surface area contributed by atoms with Gasteiger partial charge in [-0.2, -0.15) is 0 Å². The number of carbonyl (C=O) groups is 1. The van der Waals surface area contributed by atoms with Crippen molar-refractivity contribution in [1.82, 2.24) is 14.9 Å². The highest BCUT2D eigenvalue weighted by Gasteiger charge is 2.11. The number of hydrogen-bond acceptors (Lipinski definition) is 2. The molecule has 1 aromatic carbocycles. The van der Waals surface area contributed by atoms with Crippen LogP contribution in [0.4, 0.5) is 0 Å². The van der Waals surface area contributed by atoms with Gasteiger partial charge in [-0.05, 0) is 55.0 Å². The lowest BCUT2D eigenvalue weighted by Gasteiger charge is -2.14. The molecule has 1 N–H and O–H groups in total. The molecule has 22 heavy (non-hydrogen) atoms. The minimum Gasteiger partial charge on any atom is -0.345 e. The quantitative estimate of drug-likeness (QED) is 0.801. The van der Waals surface area contributed by atoms with Crippen LogP contribution < -0.4 is 5.32 Å². The lowest BCUT2D eigenvalue weighted by molar-refractivity contribution is 0.0940. The van der Waals surface area contributed by atoms with Crippen LogP contribution >= 0.6 is 0 Å². The summed E-state index contributed by atoms with van der Waals surface area (Å²) in [5.41, 5.74) is 2.66. The largest absolute Gasteiger partial charge is 0.345 e. The van der Waals surface area contributed by atoms with Crippen molar-refractivity contribution in [2.75, 3.05) is 0 Å². The van der Waals surface area contributed by atoms with E-state index in [0.717, 1.165) is 11.3 Å². The first-order valence-electron chi connectivity index (χ1n) is 7.18. The zero-order valence-electron chi connectivity index (χ0n) is 12.3. The van der Waals surface area contributed by atoms with E-state index in [1.807, 2.05) is 72.4 Å². The van der Waals surface area contributed by atoms with Gasteiger partial charge < -0.3 is 9.88 Å². The number of carbonyl (C=O) groups excluding carboxylic acids is 1. The van der Waals surface area contributed by atoms with E-state index in [1.165, 1.54) is 0 Å². The van der Waals surface area contributed by atoms with Crippen molar-refractivity contribution in [1.29, 1.82) is 0 Å². The number of amides is 1. The van der Waals surface area contributed by atoms with Crippen molar-refractivity contribution in [3.8, 4) is 5.69 Å². The zero-order chi connectivity index (χ0) is 15.4. The van der Waals surface area contributed by atoms with Crippen LogP contribution in [0.15, 0.2) is 73.3 Å². The molecule has 2 aromatic heterocycles. The Morgan fingerprint density at radius 3 is 2.45 bits per heavy atom. The average molecular weight is 291 g/mol. The molecule has 0 spiro atoms. The molecule has 0 aliphatic carbocycles. The molecule has 0 fully saturated rings. The highest BCUT2D eigenvalue weighted by Crippen LogP contribution is 2.13. The van der Waals surface area contributed by atoms with E-state index in [1.54, 1.807) is 12.4 Å². The minimum absolute atomic E-state index is 0.0784. The second kappa shape index (κ2) is 6.26. The molecule has 1 unspecified atom stereocenters. The molecule has 1 atom stereocenters. The van der Waals surface area contributed by atoms with E-state index < -0.39 is 0 Å². The van der Waals surface area contributed by atoms with Crippen LogP contribution in [0.1, 0.15) is 28.9 Å². The maximum atomic E-state index is 12.3. The van der Waals surface area contributed by atoms with Crippen molar-refractivity contribution < 1.29 is 4.79 Å². The molecule has 0 aliphatic rings. The van der Waals surface area contributed by atoms with Crippen LogP contribution in [0.2, 0.25) is 0 Å². The number of pyridine rings is 1. The molecule has 4 nitrogen and oxygen atoms in total. The predicted octanol–water partition coefficient (Wildman–Crippen LogP) is 3.36. The Morgan fingerprint density at radius 1 is 1.09 bits per heavy atom. The fourth-order valence-electron chi connectivity index (χ4n) is 2.29. The lowest BCUT2D eigenvalue weighted by atomic mass is 10.1. The van der Waals surface area contributed by atoms with Crippen molar-refractivity contribution >= 4 is 5.91 Å². The minimum atomic E-state index is -0.0876. The van der Waals surface area contributed by atoms with Crippen LogP contribution in [0, 0.1) is 0 Å². The molecule has 0 bridgehead atoms. The van der Waals surface area contributed by atoms with E-state index in [0.29, 0.717) is 5.56 Å². The maximum absolute atomic E-state index is 12.3. The summed E-state index contributed by atoms with van der Waals surface area (Å²) in [5, 5.41) is 2.98. The van der Waals surface area contributed by atoms with Gasteiger partial charge in [0.25, 0.3) is 5.91 Å². The van der Waals surface area contributed by atoms with Crippen LogP contribution in [0.5, 0.6) is 0 Å². The summed E-state index contributed by atoms with van der Waals surface area (Å²) in [7, 11) is 0. The van der Waals surface area contributed by atoms with Crippen molar-refractivity contribution in [3.05, 3.63) is 84.4 Å². The number of aromatic nitrogens is 2. The van der Waals surface area contributed by atoms with E-state index >= 15 is 0 Å². The molecular formula is C18H17N3O. The summed E-state index contributed by atoms with van der Waals surface area (Å²) in [6, 6.07) is 15.2. The molecule has 3 aromatic rings. The fourth-order valence-corrected chi connectivity index (χ4v) is 2.29. The third-order valence-corrected chi connectivity index (χ3v) is 3.56. The predicted molar refractivity (Wildman–Crippen MR) is 85.9 cm³/mol. The number of benzene rings is 1. The van der Waals surface area contributed by atoms with E-state index in [-0.39, 0.29) is 11.9 Å². The van der Waals surface area contributed by atoms with Gasteiger partial charge in [-0.15, -0.1) is 0 Å². The maximum Gasteiger partial charge on any atom is 0.251 e. The molecule has 110 valence electrons. The van der Waals surface area contributed by atoms with Gasteiger partial charge in [0.2, 0.25) is 0 Å². The molecule has 1 amide bonds. The van der Waals surface area contributed by atoms with E-state index in [9.17, 15) is 4.79 Å². The number of nitrogens with zero attached hydrogens (tertiary/aromatic N) is 2. The summed E-state index contributed by atoms with van der Waals surface area (Å²) < 4.78 is 2.00. The van der Waals surface area contributed by atoms with Gasteiger partial charge in [-0.3, -0.25) is 9.78 Å². The molecular weight excluding hydrogens is 274 g/mol. The lowest BCUT2D eigenvalue weighted by Crippen LogP contribution is -2.26. The van der Waals surface area contributed by atoms with Crippen LogP contribution in [-0.2, 0) is 0 Å². The fraction of sp³-hybridized carbons (Fsp3) is 0.111. The standard InChI is InChI=1S/C18H17N3O/c1-14(16-5-4-10-19-13-16)20-18(22)15-6-8-17(9-7-15)21-11-2-3-12-21/h2-14H,1H3,(H,20,22). The van der Waals surface area contributed by atoms with Crippen LogP contribution in [0.25, 0.3) is 5.69 Å². The van der Waals surface area contributed by atoms with Gasteiger partial charge in [0.05, 0.1) is 6.04 Å². The molecule has 3 rings (SSSR count). The first-order chi connectivity index (χ1) is 10.7. The van der Waals surface area contributed by atoms with E-state index in [2.05, 4.69) is 10.3 Å². The topological polar surface area (TPSA) is 46.9 Å². The Morgan fingerprint density at radius 2 is 1.82 bits per heavy atom. The Balaban J connectivity index is 1.70. The normalized spacial score (nSPS) is 11.9. The van der Waals surface area contributed by atoms with E-state index in [4.69, 9.17) is 0 Å². The van der Waals surface area contributed by atoms with Gasteiger partial charge >= 0.3 is 0 Å². The summed E-state index contributed by atoms with van der Waals surface area (Å²) in [4.78, 5) is 16.4. The SMILES string of the molecule is CC(NC(=O)c1ccc(-n2cccc2)cc1)c1cccnc1. The third kappa shape index (κ3) is 3.06. The van der Waals surface area contributed by atoms with Crippen LogP contribution in [0.3, 0.4) is 0 Å². The Kier molecular flexibility index (Phi) is 4.01. The number of rotatable bonds is 4. The monoisotopic (exact) mass is 291 g/mol. The number of nitrogens with one attached hydrogen (secondary N) is 1. The molecule has 0 saturated heterocycles. The van der Waals surface area contributed by atoms with Crippen molar-refractivity contribution in [2.24, 2.45) is 0 Å². The Bertz CT molecular complexity index is 734. The summed E-state index contributed by atoms with van der Waals surface area (Å²) in [6.45, 7) is 1.95. The number of hydrogen-bond donors (Lipinski definition) is 1. The highest BCUT2D eigenvalue weighted by atomic mass is 16.1. The van der Waals surface area contributed by atoms with Crippen molar-refractivity contribution in [3.63, 3.8) is 0 Å². The second-order valence-electron chi connectivity index (χ2n) is 5.12. The Labute approximate surface area is 129 Å². The molecule has 0 aliphatic heterocycles. The van der Waals surface area contributed by atoms with Gasteiger partial charge in [-0.25, -0.2) is 0 Å². The molecule has 0 saturated carbocycles. The Hall–Kier alpha value is -2.88.